The summed E-state index contributed by atoms with van der Waals surface area (Å²) in [5, 5.41) is 7.96. The summed E-state index contributed by atoms with van der Waals surface area (Å²) in [7, 11) is 0. The standard InChI is InChI=1S/C23H27N3O4/c1-15(24)22-18(25)5-2-6-20(22)30-14-16-4-3-9-26(13-16)23(27)17-7-8-19-21(12-17)29-11-10-28-19/h2,5-8,12,16,24H,3-4,9-11,13-14,25H2,1H3. The van der Waals surface area contributed by atoms with E-state index in [2.05, 4.69) is 0 Å². The first-order valence-electron chi connectivity index (χ1n) is 10.3. The number of benzene rings is 2. The Balaban J connectivity index is 1.41. The lowest BCUT2D eigenvalue weighted by atomic mass is 9.98. The van der Waals surface area contributed by atoms with Crippen molar-refractivity contribution in [3.8, 4) is 17.2 Å². The molecule has 0 radical (unpaired) electrons. The Labute approximate surface area is 176 Å². The van der Waals surface area contributed by atoms with Crippen molar-refractivity contribution in [1.82, 2.24) is 4.90 Å². The molecular formula is C23H27N3O4. The number of nitrogens with zero attached hydrogens (tertiary/aromatic N) is 1. The third kappa shape index (κ3) is 4.20. The molecule has 158 valence electrons. The first-order chi connectivity index (χ1) is 14.5. The maximum Gasteiger partial charge on any atom is 0.254 e. The molecule has 1 unspecified atom stereocenters. The molecule has 1 saturated heterocycles. The molecule has 2 heterocycles. The minimum absolute atomic E-state index is 0.00310. The van der Waals surface area contributed by atoms with Crippen LogP contribution in [0, 0.1) is 11.3 Å². The molecule has 4 rings (SSSR count). The number of fused-ring (bicyclic) bond motifs is 1. The molecule has 0 spiro atoms. The van der Waals surface area contributed by atoms with Crippen LogP contribution in [-0.2, 0) is 0 Å². The first-order valence-corrected chi connectivity index (χ1v) is 10.3. The minimum atomic E-state index is -0.00310. The van der Waals surface area contributed by atoms with E-state index in [0.717, 1.165) is 19.4 Å². The van der Waals surface area contributed by atoms with Gasteiger partial charge < -0.3 is 30.3 Å². The van der Waals surface area contributed by atoms with E-state index < -0.39 is 0 Å². The summed E-state index contributed by atoms with van der Waals surface area (Å²) in [6.45, 7) is 4.57. The number of hydrogen-bond acceptors (Lipinski definition) is 6. The van der Waals surface area contributed by atoms with Crippen molar-refractivity contribution in [2.75, 3.05) is 38.6 Å². The van der Waals surface area contributed by atoms with Crippen LogP contribution in [0.4, 0.5) is 5.69 Å². The van der Waals surface area contributed by atoms with E-state index in [0.29, 0.717) is 66.1 Å². The molecule has 1 fully saturated rings. The van der Waals surface area contributed by atoms with E-state index >= 15 is 0 Å². The Morgan fingerprint density at radius 1 is 1.23 bits per heavy atom. The number of rotatable bonds is 5. The minimum Gasteiger partial charge on any atom is -0.492 e. The zero-order valence-corrected chi connectivity index (χ0v) is 17.1. The van der Waals surface area contributed by atoms with Gasteiger partial charge in [0.05, 0.1) is 12.2 Å². The summed E-state index contributed by atoms with van der Waals surface area (Å²) in [5.74, 6) is 2.15. The number of amides is 1. The number of carbonyl (C=O) groups excluding carboxylic acids is 1. The summed E-state index contributed by atoms with van der Waals surface area (Å²) >= 11 is 0. The quantitative estimate of drug-likeness (QED) is 0.583. The predicted octanol–water partition coefficient (Wildman–Crippen LogP) is 3.36. The summed E-state index contributed by atoms with van der Waals surface area (Å²) in [4.78, 5) is 14.9. The number of ether oxygens (including phenoxy) is 3. The third-order valence-electron chi connectivity index (χ3n) is 5.50. The maximum absolute atomic E-state index is 13.0. The third-order valence-corrected chi connectivity index (χ3v) is 5.50. The van der Waals surface area contributed by atoms with Gasteiger partial charge in [0.15, 0.2) is 11.5 Å². The zero-order chi connectivity index (χ0) is 21.1. The summed E-state index contributed by atoms with van der Waals surface area (Å²) in [6.07, 6.45) is 1.92. The second-order valence-electron chi connectivity index (χ2n) is 7.77. The fourth-order valence-corrected chi connectivity index (χ4v) is 4.02. The van der Waals surface area contributed by atoms with E-state index in [-0.39, 0.29) is 11.8 Å². The molecule has 3 N–H and O–H groups in total. The van der Waals surface area contributed by atoms with Crippen LogP contribution in [0.3, 0.4) is 0 Å². The Kier molecular flexibility index (Phi) is 5.79. The molecule has 30 heavy (non-hydrogen) atoms. The number of nitrogens with two attached hydrogens (primary N) is 1. The fourth-order valence-electron chi connectivity index (χ4n) is 4.02. The van der Waals surface area contributed by atoms with Crippen LogP contribution in [0.2, 0.25) is 0 Å². The van der Waals surface area contributed by atoms with Crippen LogP contribution in [0.25, 0.3) is 0 Å². The van der Waals surface area contributed by atoms with E-state index in [1.54, 1.807) is 31.2 Å². The highest BCUT2D eigenvalue weighted by Crippen LogP contribution is 2.32. The van der Waals surface area contributed by atoms with Gasteiger partial charge in [-0.3, -0.25) is 4.79 Å². The highest BCUT2D eigenvalue weighted by atomic mass is 16.6. The molecule has 0 bridgehead atoms. The molecule has 2 aromatic carbocycles. The molecule has 7 nitrogen and oxygen atoms in total. The summed E-state index contributed by atoms with van der Waals surface area (Å²) in [5.41, 5.74) is 8.18. The SMILES string of the molecule is CC(=N)c1c(N)cccc1OCC1CCCN(C(=O)c2ccc3c(c2)OCCO3)C1. The topological polar surface area (TPSA) is 97.9 Å². The van der Waals surface area contributed by atoms with Gasteiger partial charge in [-0.25, -0.2) is 0 Å². The van der Waals surface area contributed by atoms with Crippen molar-refractivity contribution in [3.63, 3.8) is 0 Å². The van der Waals surface area contributed by atoms with Gasteiger partial charge in [-0.1, -0.05) is 6.07 Å². The van der Waals surface area contributed by atoms with Crippen LogP contribution >= 0.6 is 0 Å². The molecule has 2 aromatic rings. The van der Waals surface area contributed by atoms with E-state index in [4.69, 9.17) is 25.4 Å². The van der Waals surface area contributed by atoms with Gasteiger partial charge in [-0.05, 0) is 50.1 Å². The van der Waals surface area contributed by atoms with Crippen molar-refractivity contribution in [3.05, 3.63) is 47.5 Å². The number of nitrogens with one attached hydrogen (secondary N) is 1. The van der Waals surface area contributed by atoms with E-state index in [9.17, 15) is 4.79 Å². The largest absolute Gasteiger partial charge is 0.492 e. The van der Waals surface area contributed by atoms with Crippen molar-refractivity contribution in [2.24, 2.45) is 5.92 Å². The van der Waals surface area contributed by atoms with Gasteiger partial charge in [0.2, 0.25) is 0 Å². The predicted molar refractivity (Wildman–Crippen MR) is 115 cm³/mol. The normalized spacial score (nSPS) is 18.0. The average Bonchev–Trinajstić information content (AvgIpc) is 2.76. The van der Waals surface area contributed by atoms with E-state index in [1.807, 2.05) is 17.0 Å². The van der Waals surface area contributed by atoms with Crippen LogP contribution in [0.1, 0.15) is 35.7 Å². The number of anilines is 1. The Hall–Kier alpha value is -3.22. The number of carbonyl (C=O) groups is 1. The highest BCUT2D eigenvalue weighted by Gasteiger charge is 2.26. The van der Waals surface area contributed by atoms with Gasteiger partial charge in [0.25, 0.3) is 5.91 Å². The van der Waals surface area contributed by atoms with Gasteiger partial charge in [-0.2, -0.15) is 0 Å². The second kappa shape index (κ2) is 8.65. The molecule has 7 heteroatoms. The smallest absolute Gasteiger partial charge is 0.254 e. The average molecular weight is 409 g/mol. The molecular weight excluding hydrogens is 382 g/mol. The van der Waals surface area contributed by atoms with Crippen molar-refractivity contribution < 1.29 is 19.0 Å². The fraction of sp³-hybridized carbons (Fsp3) is 0.391. The van der Waals surface area contributed by atoms with Crippen LogP contribution in [0.5, 0.6) is 17.2 Å². The molecule has 2 aliphatic heterocycles. The van der Waals surface area contributed by atoms with Crippen LogP contribution < -0.4 is 19.9 Å². The number of piperidine rings is 1. The Morgan fingerprint density at radius 2 is 2.03 bits per heavy atom. The van der Waals surface area contributed by atoms with Gasteiger partial charge in [0, 0.05) is 36.0 Å². The Bertz CT molecular complexity index is 959. The number of hydrogen-bond donors (Lipinski definition) is 2. The Morgan fingerprint density at radius 3 is 2.83 bits per heavy atom. The highest BCUT2D eigenvalue weighted by molar-refractivity contribution is 6.03. The molecule has 2 aliphatic rings. The van der Waals surface area contributed by atoms with Crippen molar-refractivity contribution in [2.45, 2.75) is 19.8 Å². The molecule has 1 amide bonds. The van der Waals surface area contributed by atoms with Gasteiger partial charge in [-0.15, -0.1) is 0 Å². The summed E-state index contributed by atoms with van der Waals surface area (Å²) < 4.78 is 17.2. The number of nitrogen functional groups attached to an aromatic ring is 1. The maximum atomic E-state index is 13.0. The van der Waals surface area contributed by atoms with E-state index in [1.165, 1.54) is 0 Å². The lowest BCUT2D eigenvalue weighted by Gasteiger charge is -2.33. The van der Waals surface area contributed by atoms with Crippen molar-refractivity contribution in [1.29, 1.82) is 5.41 Å². The first kappa shape index (κ1) is 20.1. The lowest BCUT2D eigenvalue weighted by Crippen LogP contribution is -2.41. The molecule has 1 atom stereocenters. The zero-order valence-electron chi connectivity index (χ0n) is 17.1. The van der Waals surface area contributed by atoms with Crippen molar-refractivity contribution >= 4 is 17.3 Å². The molecule has 0 saturated carbocycles. The monoisotopic (exact) mass is 409 g/mol. The molecule has 0 aliphatic carbocycles. The van der Waals surface area contributed by atoms with Crippen LogP contribution in [0.15, 0.2) is 36.4 Å². The van der Waals surface area contributed by atoms with Gasteiger partial charge in [0.1, 0.15) is 19.0 Å². The lowest BCUT2D eigenvalue weighted by molar-refractivity contribution is 0.0632. The molecule has 0 aromatic heterocycles. The van der Waals surface area contributed by atoms with Crippen LogP contribution in [-0.4, -0.2) is 49.4 Å². The van der Waals surface area contributed by atoms with Gasteiger partial charge >= 0.3 is 0 Å². The number of likely N-dealkylation sites (tertiary alicyclic amines) is 1. The second-order valence-corrected chi connectivity index (χ2v) is 7.77. The summed E-state index contributed by atoms with van der Waals surface area (Å²) in [6, 6.07) is 10.8.